The number of hydrogen-bond acceptors (Lipinski definition) is 2. The molecule has 0 saturated heterocycles. The van der Waals surface area contributed by atoms with E-state index in [0.717, 1.165) is 11.1 Å². The second-order valence-corrected chi connectivity index (χ2v) is 3.78. The van der Waals surface area contributed by atoms with Crippen LogP contribution in [0.15, 0.2) is 6.07 Å². The van der Waals surface area contributed by atoms with Gasteiger partial charge in [-0.1, -0.05) is 11.6 Å². The van der Waals surface area contributed by atoms with Crippen molar-refractivity contribution < 1.29 is 14.6 Å². The summed E-state index contributed by atoms with van der Waals surface area (Å²) in [5, 5.41) is 9.31. The summed E-state index contributed by atoms with van der Waals surface area (Å²) in [4.78, 5) is 10.6. The fraction of sp³-hybridized carbons (Fsp3) is 0.364. The van der Waals surface area contributed by atoms with E-state index < -0.39 is 5.97 Å². The van der Waals surface area contributed by atoms with Crippen LogP contribution in [0.3, 0.4) is 0 Å². The molecule has 0 aliphatic rings. The number of methoxy groups -OCH3 is 1. The predicted octanol–water partition coefficient (Wildman–Crippen LogP) is 2.59. The Kier molecular flexibility index (Phi) is 3.58. The van der Waals surface area contributed by atoms with Crippen LogP contribution in [0.1, 0.15) is 16.7 Å². The number of carboxylic acids is 1. The zero-order chi connectivity index (χ0) is 11.6. The third-order valence-corrected chi connectivity index (χ3v) is 2.79. The summed E-state index contributed by atoms with van der Waals surface area (Å²) >= 11 is 5.98. The van der Waals surface area contributed by atoms with E-state index in [9.17, 15) is 4.79 Å². The van der Waals surface area contributed by atoms with Crippen LogP contribution in [-0.2, 0) is 11.2 Å². The second-order valence-electron chi connectivity index (χ2n) is 3.37. The van der Waals surface area contributed by atoms with Crippen molar-refractivity contribution in [1.82, 2.24) is 0 Å². The lowest BCUT2D eigenvalue weighted by Crippen LogP contribution is -2.04. The lowest BCUT2D eigenvalue weighted by Gasteiger charge is -2.13. The molecule has 0 bridgehead atoms. The number of aliphatic carboxylic acids is 1. The van der Waals surface area contributed by atoms with Crippen molar-refractivity contribution in [2.24, 2.45) is 0 Å². The molecule has 0 saturated carbocycles. The van der Waals surface area contributed by atoms with Gasteiger partial charge in [0.05, 0.1) is 13.5 Å². The van der Waals surface area contributed by atoms with Crippen LogP contribution >= 0.6 is 11.6 Å². The molecule has 1 rings (SSSR count). The van der Waals surface area contributed by atoms with Crippen molar-refractivity contribution in [3.8, 4) is 5.75 Å². The number of hydrogen-bond donors (Lipinski definition) is 1. The highest BCUT2D eigenvalue weighted by molar-refractivity contribution is 6.31. The number of benzene rings is 1. The number of carbonyl (C=O) groups is 1. The summed E-state index contributed by atoms with van der Waals surface area (Å²) in [6.45, 7) is 3.75. The lowest BCUT2D eigenvalue weighted by molar-refractivity contribution is -0.136. The molecule has 15 heavy (non-hydrogen) atoms. The van der Waals surface area contributed by atoms with Crippen molar-refractivity contribution in [3.05, 3.63) is 27.8 Å². The van der Waals surface area contributed by atoms with Gasteiger partial charge in [0.1, 0.15) is 5.75 Å². The monoisotopic (exact) mass is 228 g/mol. The summed E-state index contributed by atoms with van der Waals surface area (Å²) in [6.07, 6.45) is -0.0794. The Morgan fingerprint density at radius 3 is 2.53 bits per heavy atom. The normalized spacial score (nSPS) is 10.1. The summed E-state index contributed by atoms with van der Waals surface area (Å²) in [5.41, 5.74) is 2.42. The molecule has 82 valence electrons. The number of rotatable bonds is 3. The summed E-state index contributed by atoms with van der Waals surface area (Å²) in [6, 6.07) is 1.65. The molecule has 0 aliphatic heterocycles. The molecule has 0 heterocycles. The van der Waals surface area contributed by atoms with Gasteiger partial charge in [0.2, 0.25) is 0 Å². The third-order valence-electron chi connectivity index (χ3n) is 2.40. The molecule has 0 unspecified atom stereocenters. The molecule has 0 aliphatic carbocycles. The fourth-order valence-corrected chi connectivity index (χ4v) is 1.77. The first kappa shape index (κ1) is 11.9. The minimum Gasteiger partial charge on any atom is -0.496 e. The molecule has 1 aromatic rings. The Bertz CT molecular complexity index is 399. The van der Waals surface area contributed by atoms with Crippen LogP contribution in [0.25, 0.3) is 0 Å². The average Bonchev–Trinajstić information content (AvgIpc) is 2.14. The Labute approximate surface area is 93.6 Å². The predicted molar refractivity (Wildman–Crippen MR) is 58.8 cm³/mol. The van der Waals surface area contributed by atoms with Crippen molar-refractivity contribution >= 4 is 17.6 Å². The van der Waals surface area contributed by atoms with E-state index in [1.807, 2.05) is 13.8 Å². The Hall–Kier alpha value is -1.22. The molecule has 0 radical (unpaired) electrons. The van der Waals surface area contributed by atoms with Crippen LogP contribution in [0.5, 0.6) is 5.75 Å². The van der Waals surface area contributed by atoms with Crippen molar-refractivity contribution in [3.63, 3.8) is 0 Å². The molecule has 0 spiro atoms. The summed E-state index contributed by atoms with van der Waals surface area (Å²) < 4.78 is 5.19. The maximum Gasteiger partial charge on any atom is 0.307 e. The Balaban J connectivity index is 3.31. The van der Waals surface area contributed by atoms with E-state index in [0.29, 0.717) is 16.3 Å². The maximum absolute atomic E-state index is 10.6. The van der Waals surface area contributed by atoms with E-state index in [1.54, 1.807) is 6.07 Å². The molecule has 4 heteroatoms. The molecule has 0 atom stereocenters. The van der Waals surface area contributed by atoms with E-state index in [1.165, 1.54) is 7.11 Å². The van der Waals surface area contributed by atoms with Gasteiger partial charge in [-0.3, -0.25) is 4.79 Å². The smallest absolute Gasteiger partial charge is 0.307 e. The highest BCUT2D eigenvalue weighted by Gasteiger charge is 2.14. The summed E-state index contributed by atoms with van der Waals surface area (Å²) in [5.74, 6) is -0.285. The van der Waals surface area contributed by atoms with Gasteiger partial charge in [0.15, 0.2) is 0 Å². The highest BCUT2D eigenvalue weighted by atomic mass is 35.5. The van der Waals surface area contributed by atoms with E-state index in [4.69, 9.17) is 21.4 Å². The lowest BCUT2D eigenvalue weighted by atomic mass is 10.0. The zero-order valence-electron chi connectivity index (χ0n) is 8.93. The first-order valence-electron chi connectivity index (χ1n) is 4.51. The fourth-order valence-electron chi connectivity index (χ4n) is 1.50. The van der Waals surface area contributed by atoms with Crippen LogP contribution in [0.2, 0.25) is 5.02 Å². The van der Waals surface area contributed by atoms with Gasteiger partial charge in [0.25, 0.3) is 0 Å². The SMILES string of the molecule is COc1c(CC(=O)O)cc(Cl)c(C)c1C. The van der Waals surface area contributed by atoms with Gasteiger partial charge in [-0.2, -0.15) is 0 Å². The molecule has 0 fully saturated rings. The maximum atomic E-state index is 10.6. The van der Waals surface area contributed by atoms with Crippen molar-refractivity contribution in [2.45, 2.75) is 20.3 Å². The van der Waals surface area contributed by atoms with Crippen LogP contribution in [0.4, 0.5) is 0 Å². The van der Waals surface area contributed by atoms with Crippen LogP contribution in [0, 0.1) is 13.8 Å². The van der Waals surface area contributed by atoms with E-state index >= 15 is 0 Å². The standard InChI is InChI=1S/C11H13ClO3/c1-6-7(2)11(15-3)8(4-9(6)12)5-10(13)14/h4H,5H2,1-3H3,(H,13,14). The van der Waals surface area contributed by atoms with Gasteiger partial charge < -0.3 is 9.84 Å². The Morgan fingerprint density at radius 2 is 2.07 bits per heavy atom. The van der Waals surface area contributed by atoms with Crippen LogP contribution in [-0.4, -0.2) is 18.2 Å². The molecular formula is C11H13ClO3. The summed E-state index contributed by atoms with van der Waals surface area (Å²) in [7, 11) is 1.53. The first-order chi connectivity index (χ1) is 6.97. The minimum absolute atomic E-state index is 0.0794. The highest BCUT2D eigenvalue weighted by Crippen LogP contribution is 2.31. The Morgan fingerprint density at radius 1 is 1.47 bits per heavy atom. The molecule has 1 aromatic carbocycles. The number of ether oxygens (including phenoxy) is 1. The van der Waals surface area contributed by atoms with Gasteiger partial charge >= 0.3 is 5.97 Å². The van der Waals surface area contributed by atoms with Gasteiger partial charge in [-0.05, 0) is 31.0 Å². The van der Waals surface area contributed by atoms with Gasteiger partial charge in [-0.15, -0.1) is 0 Å². The first-order valence-corrected chi connectivity index (χ1v) is 4.89. The molecule has 3 nitrogen and oxygen atoms in total. The molecular weight excluding hydrogens is 216 g/mol. The zero-order valence-corrected chi connectivity index (χ0v) is 9.68. The average molecular weight is 229 g/mol. The third kappa shape index (κ3) is 2.42. The van der Waals surface area contributed by atoms with Crippen molar-refractivity contribution in [2.75, 3.05) is 7.11 Å². The van der Waals surface area contributed by atoms with Crippen LogP contribution < -0.4 is 4.74 Å². The molecule has 1 N–H and O–H groups in total. The molecule has 0 amide bonds. The van der Waals surface area contributed by atoms with E-state index in [-0.39, 0.29) is 6.42 Å². The number of carboxylic acid groups (broad SMARTS) is 1. The molecule has 0 aromatic heterocycles. The minimum atomic E-state index is -0.896. The van der Waals surface area contributed by atoms with Crippen molar-refractivity contribution in [1.29, 1.82) is 0 Å². The quantitative estimate of drug-likeness (QED) is 0.865. The van der Waals surface area contributed by atoms with Gasteiger partial charge in [-0.25, -0.2) is 0 Å². The second kappa shape index (κ2) is 4.53. The van der Waals surface area contributed by atoms with E-state index in [2.05, 4.69) is 0 Å². The largest absolute Gasteiger partial charge is 0.496 e. The van der Waals surface area contributed by atoms with Gasteiger partial charge in [0, 0.05) is 10.6 Å². The topological polar surface area (TPSA) is 46.5 Å². The number of halogens is 1.